The molecule has 0 unspecified atom stereocenters. The zero-order valence-electron chi connectivity index (χ0n) is 14.0. The van der Waals surface area contributed by atoms with Gasteiger partial charge in [-0.2, -0.15) is 5.21 Å². The van der Waals surface area contributed by atoms with Crippen molar-refractivity contribution < 1.29 is 4.79 Å². The van der Waals surface area contributed by atoms with Gasteiger partial charge in [-0.15, -0.1) is 10.2 Å². The Kier molecular flexibility index (Phi) is 3.80. The van der Waals surface area contributed by atoms with Crippen molar-refractivity contribution >= 4 is 5.91 Å². The lowest BCUT2D eigenvalue weighted by Crippen LogP contribution is -2.39. The summed E-state index contributed by atoms with van der Waals surface area (Å²) in [5, 5.41) is 17.2. The first-order valence-electron chi connectivity index (χ1n) is 8.37. The first-order valence-corrected chi connectivity index (χ1v) is 8.37. The van der Waals surface area contributed by atoms with Gasteiger partial charge in [0.2, 0.25) is 5.82 Å². The number of nitrogens with one attached hydrogen (secondary N) is 2. The van der Waals surface area contributed by atoms with Gasteiger partial charge in [-0.1, -0.05) is 42.5 Å². The summed E-state index contributed by atoms with van der Waals surface area (Å²) in [5.74, 6) is 0.334. The van der Waals surface area contributed by atoms with Crippen molar-refractivity contribution in [3.8, 4) is 11.4 Å². The maximum Gasteiger partial charge on any atom is 0.252 e. The molecular formula is C19H19N5O. The smallest absolute Gasteiger partial charge is 0.252 e. The fraction of sp³-hybridized carbons (Fsp3) is 0.263. The Bertz CT molecular complexity index is 900. The molecule has 6 nitrogen and oxygen atoms in total. The predicted molar refractivity (Wildman–Crippen MR) is 93.9 cm³/mol. The van der Waals surface area contributed by atoms with Crippen molar-refractivity contribution in [1.29, 1.82) is 0 Å². The Morgan fingerprint density at radius 1 is 1.16 bits per heavy atom. The van der Waals surface area contributed by atoms with Crippen LogP contribution in [0.5, 0.6) is 0 Å². The minimum absolute atomic E-state index is 0.0912. The number of nitrogens with zero attached hydrogens (tertiary/aromatic N) is 3. The van der Waals surface area contributed by atoms with Crippen molar-refractivity contribution in [3.05, 3.63) is 65.2 Å². The number of amides is 1. The Morgan fingerprint density at radius 2 is 1.92 bits per heavy atom. The molecule has 3 aromatic rings. The van der Waals surface area contributed by atoms with Crippen molar-refractivity contribution in [2.24, 2.45) is 0 Å². The summed E-state index contributed by atoms with van der Waals surface area (Å²) < 4.78 is 0. The van der Waals surface area contributed by atoms with Crippen LogP contribution in [-0.2, 0) is 6.42 Å². The van der Waals surface area contributed by atoms with E-state index in [0.717, 1.165) is 19.3 Å². The lowest BCUT2D eigenvalue weighted by molar-refractivity contribution is 0.0932. The third-order valence-corrected chi connectivity index (χ3v) is 4.78. The summed E-state index contributed by atoms with van der Waals surface area (Å²) in [6.07, 6.45) is 2.85. The average Bonchev–Trinajstić information content (AvgIpc) is 3.16. The highest BCUT2D eigenvalue weighted by Gasteiger charge is 2.44. The van der Waals surface area contributed by atoms with E-state index in [1.54, 1.807) is 6.07 Å². The number of aromatic nitrogens is 4. The van der Waals surface area contributed by atoms with E-state index < -0.39 is 0 Å². The summed E-state index contributed by atoms with van der Waals surface area (Å²) in [5.41, 5.74) is 3.65. The number of aryl methyl sites for hydroxylation is 1. The van der Waals surface area contributed by atoms with Gasteiger partial charge in [-0.05, 0) is 48.6 Å². The molecule has 1 amide bonds. The SMILES string of the molecule is Cc1ccccc1CC1(NC(=O)c2ccccc2-c2nn[nH]n2)CC1. The highest BCUT2D eigenvalue weighted by molar-refractivity contribution is 6.00. The third kappa shape index (κ3) is 3.15. The van der Waals surface area contributed by atoms with E-state index >= 15 is 0 Å². The molecule has 2 aromatic carbocycles. The van der Waals surface area contributed by atoms with Crippen LogP contribution in [0.4, 0.5) is 0 Å². The summed E-state index contributed by atoms with van der Waals surface area (Å²) in [4.78, 5) is 12.9. The normalized spacial score (nSPS) is 14.9. The number of benzene rings is 2. The zero-order valence-corrected chi connectivity index (χ0v) is 14.0. The molecule has 6 heteroatoms. The lowest BCUT2D eigenvalue weighted by atomic mass is 9.98. The highest BCUT2D eigenvalue weighted by atomic mass is 16.1. The second kappa shape index (κ2) is 6.12. The molecule has 1 aromatic heterocycles. The van der Waals surface area contributed by atoms with E-state index in [1.807, 2.05) is 30.3 Å². The lowest BCUT2D eigenvalue weighted by Gasteiger charge is -2.19. The van der Waals surface area contributed by atoms with E-state index in [2.05, 4.69) is 45.0 Å². The molecule has 4 rings (SSSR count). The number of tetrazole rings is 1. The molecule has 1 fully saturated rings. The largest absolute Gasteiger partial charge is 0.346 e. The minimum atomic E-state index is -0.145. The number of rotatable bonds is 5. The van der Waals surface area contributed by atoms with Gasteiger partial charge in [0.15, 0.2) is 0 Å². The quantitative estimate of drug-likeness (QED) is 0.752. The maximum atomic E-state index is 12.9. The van der Waals surface area contributed by atoms with Crippen molar-refractivity contribution in [2.45, 2.75) is 31.7 Å². The number of aromatic amines is 1. The monoisotopic (exact) mass is 333 g/mol. The first kappa shape index (κ1) is 15.5. The Hall–Kier alpha value is -3.02. The molecule has 25 heavy (non-hydrogen) atoms. The average molecular weight is 333 g/mol. The molecule has 1 heterocycles. The predicted octanol–water partition coefficient (Wildman–Crippen LogP) is 2.68. The van der Waals surface area contributed by atoms with Gasteiger partial charge in [0.25, 0.3) is 5.91 Å². The number of carbonyl (C=O) groups excluding carboxylic acids is 1. The third-order valence-electron chi connectivity index (χ3n) is 4.78. The molecule has 0 spiro atoms. The van der Waals surface area contributed by atoms with Crippen LogP contribution in [0.1, 0.15) is 34.3 Å². The Balaban J connectivity index is 1.56. The van der Waals surface area contributed by atoms with Crippen LogP contribution in [-0.4, -0.2) is 32.1 Å². The van der Waals surface area contributed by atoms with Crippen LogP contribution >= 0.6 is 0 Å². The number of hydrogen-bond acceptors (Lipinski definition) is 4. The van der Waals surface area contributed by atoms with Gasteiger partial charge in [0.1, 0.15) is 0 Å². The van der Waals surface area contributed by atoms with Crippen molar-refractivity contribution in [1.82, 2.24) is 25.9 Å². The molecule has 2 N–H and O–H groups in total. The molecule has 0 radical (unpaired) electrons. The Labute approximate surface area is 145 Å². The summed E-state index contributed by atoms with van der Waals surface area (Å²) in [6.45, 7) is 2.11. The molecule has 1 saturated carbocycles. The van der Waals surface area contributed by atoms with Crippen LogP contribution in [0.15, 0.2) is 48.5 Å². The topological polar surface area (TPSA) is 83.6 Å². The van der Waals surface area contributed by atoms with E-state index in [-0.39, 0.29) is 11.4 Å². The molecule has 0 aliphatic heterocycles. The number of H-pyrrole nitrogens is 1. The van der Waals surface area contributed by atoms with Gasteiger partial charge in [0, 0.05) is 11.1 Å². The van der Waals surface area contributed by atoms with Crippen LogP contribution in [0.25, 0.3) is 11.4 Å². The van der Waals surface area contributed by atoms with Crippen molar-refractivity contribution in [2.75, 3.05) is 0 Å². The van der Waals surface area contributed by atoms with Crippen LogP contribution in [0.2, 0.25) is 0 Å². The fourth-order valence-electron chi connectivity index (χ4n) is 3.13. The Morgan fingerprint density at radius 3 is 2.64 bits per heavy atom. The van der Waals surface area contributed by atoms with E-state index in [9.17, 15) is 4.79 Å². The van der Waals surface area contributed by atoms with E-state index in [0.29, 0.717) is 17.0 Å². The number of hydrogen-bond donors (Lipinski definition) is 2. The van der Waals surface area contributed by atoms with Crippen molar-refractivity contribution in [3.63, 3.8) is 0 Å². The second-order valence-electron chi connectivity index (χ2n) is 6.62. The molecule has 0 atom stereocenters. The summed E-state index contributed by atoms with van der Waals surface area (Å²) in [7, 11) is 0. The van der Waals surface area contributed by atoms with Gasteiger partial charge in [-0.25, -0.2) is 0 Å². The van der Waals surface area contributed by atoms with E-state index in [1.165, 1.54) is 11.1 Å². The standard InChI is InChI=1S/C19H19N5O/c1-13-6-2-3-7-14(13)12-19(10-11-19)20-18(25)16-9-5-4-8-15(16)17-21-23-24-22-17/h2-9H,10-12H2,1H3,(H,20,25)(H,21,22,23,24). The van der Waals surface area contributed by atoms with Gasteiger partial charge < -0.3 is 5.32 Å². The molecule has 0 bridgehead atoms. The van der Waals surface area contributed by atoms with Crippen LogP contribution in [0, 0.1) is 6.92 Å². The van der Waals surface area contributed by atoms with Crippen LogP contribution in [0.3, 0.4) is 0 Å². The summed E-state index contributed by atoms with van der Waals surface area (Å²) in [6, 6.07) is 15.7. The molecule has 1 aliphatic carbocycles. The van der Waals surface area contributed by atoms with Gasteiger partial charge >= 0.3 is 0 Å². The molecule has 126 valence electrons. The van der Waals surface area contributed by atoms with Crippen LogP contribution < -0.4 is 5.32 Å². The highest BCUT2D eigenvalue weighted by Crippen LogP contribution is 2.39. The number of carbonyl (C=O) groups is 1. The zero-order chi connectivity index (χ0) is 17.3. The first-order chi connectivity index (χ1) is 12.2. The molecule has 0 saturated heterocycles. The second-order valence-corrected chi connectivity index (χ2v) is 6.62. The fourth-order valence-corrected chi connectivity index (χ4v) is 3.13. The van der Waals surface area contributed by atoms with E-state index in [4.69, 9.17) is 0 Å². The molecule has 1 aliphatic rings. The van der Waals surface area contributed by atoms with Gasteiger partial charge in [-0.3, -0.25) is 4.79 Å². The van der Waals surface area contributed by atoms with Gasteiger partial charge in [0.05, 0.1) is 5.56 Å². The summed E-state index contributed by atoms with van der Waals surface area (Å²) >= 11 is 0. The maximum absolute atomic E-state index is 12.9. The molecular weight excluding hydrogens is 314 g/mol. The minimum Gasteiger partial charge on any atom is -0.346 e.